The maximum Gasteiger partial charge on any atom is 0.225 e. The molecule has 0 aromatic heterocycles. The second-order valence-electron chi connectivity index (χ2n) is 3.92. The van der Waals surface area contributed by atoms with Gasteiger partial charge in [-0.25, -0.2) is 0 Å². The molecule has 66 valence electrons. The fourth-order valence-corrected chi connectivity index (χ4v) is 2.96. The second-order valence-corrected chi connectivity index (χ2v) is 4.29. The third-order valence-electron chi connectivity index (χ3n) is 3.30. The summed E-state index contributed by atoms with van der Waals surface area (Å²) in [5.41, 5.74) is 2.76. The standard InChI is InChI=1S/C11H9ClO/c12-11(13)10-8-5-6-3-1-2-4-7(6)9(8)10/h1-4,8-10H,5H2/t8-,9+,10-/m0/s1. The summed E-state index contributed by atoms with van der Waals surface area (Å²) >= 11 is 5.51. The summed E-state index contributed by atoms with van der Waals surface area (Å²) in [6.07, 6.45) is 1.05. The number of benzene rings is 1. The Morgan fingerprint density at radius 1 is 1.38 bits per heavy atom. The second kappa shape index (κ2) is 2.36. The van der Waals surface area contributed by atoms with Crippen molar-refractivity contribution in [3.8, 4) is 0 Å². The molecule has 2 aliphatic rings. The fourth-order valence-electron chi connectivity index (χ4n) is 2.66. The molecule has 0 spiro atoms. The molecular formula is C11H9ClO. The highest BCUT2D eigenvalue weighted by Crippen LogP contribution is 2.61. The zero-order chi connectivity index (χ0) is 9.00. The quantitative estimate of drug-likeness (QED) is 0.625. The minimum atomic E-state index is -0.149. The largest absolute Gasteiger partial charge is 0.281 e. The summed E-state index contributed by atoms with van der Waals surface area (Å²) in [5, 5.41) is -0.149. The lowest BCUT2D eigenvalue weighted by Gasteiger charge is -2.03. The van der Waals surface area contributed by atoms with Crippen molar-refractivity contribution in [2.75, 3.05) is 0 Å². The molecule has 0 aliphatic heterocycles. The highest BCUT2D eigenvalue weighted by molar-refractivity contribution is 6.64. The van der Waals surface area contributed by atoms with E-state index < -0.39 is 0 Å². The molecule has 1 saturated carbocycles. The molecule has 0 N–H and O–H groups in total. The van der Waals surface area contributed by atoms with Gasteiger partial charge in [0.15, 0.2) is 0 Å². The molecule has 1 aromatic carbocycles. The van der Waals surface area contributed by atoms with Crippen molar-refractivity contribution in [2.45, 2.75) is 12.3 Å². The number of hydrogen-bond acceptors (Lipinski definition) is 1. The molecule has 3 atom stereocenters. The van der Waals surface area contributed by atoms with Gasteiger partial charge in [0.2, 0.25) is 5.24 Å². The normalized spacial score (nSPS) is 33.8. The van der Waals surface area contributed by atoms with Gasteiger partial charge in [-0.15, -0.1) is 0 Å². The predicted molar refractivity (Wildman–Crippen MR) is 50.7 cm³/mol. The van der Waals surface area contributed by atoms with E-state index in [-0.39, 0.29) is 11.2 Å². The zero-order valence-corrected chi connectivity index (χ0v) is 7.79. The van der Waals surface area contributed by atoms with Crippen molar-refractivity contribution < 1.29 is 4.79 Å². The molecule has 0 heterocycles. The van der Waals surface area contributed by atoms with E-state index in [1.807, 2.05) is 6.07 Å². The third-order valence-corrected chi connectivity index (χ3v) is 3.55. The van der Waals surface area contributed by atoms with Gasteiger partial charge in [-0.1, -0.05) is 24.3 Å². The molecule has 0 unspecified atom stereocenters. The average molecular weight is 193 g/mol. The highest BCUT2D eigenvalue weighted by Gasteiger charge is 2.58. The summed E-state index contributed by atoms with van der Waals surface area (Å²) in [5.74, 6) is 1.08. The predicted octanol–water partition coefficient (Wildman–Crippen LogP) is 2.34. The molecule has 0 radical (unpaired) electrons. The van der Waals surface area contributed by atoms with Crippen LogP contribution < -0.4 is 0 Å². The molecular weight excluding hydrogens is 184 g/mol. The molecule has 2 aliphatic carbocycles. The van der Waals surface area contributed by atoms with Crippen LogP contribution in [-0.4, -0.2) is 5.24 Å². The first-order valence-corrected chi connectivity index (χ1v) is 4.94. The number of halogens is 1. The van der Waals surface area contributed by atoms with Gasteiger partial charge < -0.3 is 0 Å². The van der Waals surface area contributed by atoms with Crippen LogP contribution in [0.2, 0.25) is 0 Å². The van der Waals surface area contributed by atoms with Crippen LogP contribution in [0.4, 0.5) is 0 Å². The Morgan fingerprint density at radius 3 is 2.92 bits per heavy atom. The van der Waals surface area contributed by atoms with Crippen LogP contribution in [0.3, 0.4) is 0 Å². The maximum atomic E-state index is 11.0. The summed E-state index contributed by atoms with van der Waals surface area (Å²) < 4.78 is 0. The molecule has 0 saturated heterocycles. The van der Waals surface area contributed by atoms with E-state index in [0.717, 1.165) is 6.42 Å². The minimum Gasteiger partial charge on any atom is -0.281 e. The van der Waals surface area contributed by atoms with Crippen LogP contribution >= 0.6 is 11.6 Å². The van der Waals surface area contributed by atoms with E-state index in [9.17, 15) is 4.79 Å². The van der Waals surface area contributed by atoms with Gasteiger partial charge in [0.25, 0.3) is 0 Å². The minimum absolute atomic E-state index is 0.122. The van der Waals surface area contributed by atoms with Crippen LogP contribution in [0.5, 0.6) is 0 Å². The molecule has 3 rings (SSSR count). The lowest BCUT2D eigenvalue weighted by molar-refractivity contribution is -0.113. The van der Waals surface area contributed by atoms with Crippen molar-refractivity contribution >= 4 is 16.8 Å². The number of fused-ring (bicyclic) bond motifs is 3. The summed E-state index contributed by atoms with van der Waals surface area (Å²) in [6, 6.07) is 8.37. The number of rotatable bonds is 1. The van der Waals surface area contributed by atoms with Crippen LogP contribution in [0.15, 0.2) is 24.3 Å². The lowest BCUT2D eigenvalue weighted by atomic mass is 10.0. The Labute approximate surface area is 81.7 Å². The van der Waals surface area contributed by atoms with Gasteiger partial charge in [-0.2, -0.15) is 0 Å². The van der Waals surface area contributed by atoms with Crippen molar-refractivity contribution in [3.63, 3.8) is 0 Å². The monoisotopic (exact) mass is 192 g/mol. The summed E-state index contributed by atoms with van der Waals surface area (Å²) in [6.45, 7) is 0. The first-order chi connectivity index (χ1) is 6.29. The first kappa shape index (κ1) is 7.57. The van der Waals surface area contributed by atoms with E-state index >= 15 is 0 Å². The fraction of sp³-hybridized carbons (Fsp3) is 0.364. The Bertz CT molecular complexity index is 385. The Kier molecular flexibility index (Phi) is 1.37. The Morgan fingerprint density at radius 2 is 2.15 bits per heavy atom. The van der Waals surface area contributed by atoms with E-state index in [0.29, 0.717) is 11.8 Å². The van der Waals surface area contributed by atoms with Crippen LogP contribution in [-0.2, 0) is 11.2 Å². The van der Waals surface area contributed by atoms with E-state index in [1.54, 1.807) is 0 Å². The van der Waals surface area contributed by atoms with Crippen LogP contribution in [0, 0.1) is 11.8 Å². The van der Waals surface area contributed by atoms with Gasteiger partial charge in [-0.3, -0.25) is 4.79 Å². The molecule has 13 heavy (non-hydrogen) atoms. The van der Waals surface area contributed by atoms with Crippen molar-refractivity contribution in [1.29, 1.82) is 0 Å². The van der Waals surface area contributed by atoms with Crippen molar-refractivity contribution in [2.24, 2.45) is 11.8 Å². The smallest absolute Gasteiger partial charge is 0.225 e. The zero-order valence-electron chi connectivity index (χ0n) is 7.03. The van der Waals surface area contributed by atoms with Gasteiger partial charge in [0.05, 0.1) is 0 Å². The number of carbonyl (C=O) groups is 1. The number of carbonyl (C=O) groups excluding carboxylic acids is 1. The molecule has 1 aromatic rings. The van der Waals surface area contributed by atoms with Crippen molar-refractivity contribution in [1.82, 2.24) is 0 Å². The maximum absolute atomic E-state index is 11.0. The molecule has 2 heteroatoms. The summed E-state index contributed by atoms with van der Waals surface area (Å²) in [4.78, 5) is 11.0. The molecule has 0 bridgehead atoms. The Balaban J connectivity index is 1.99. The lowest BCUT2D eigenvalue weighted by Crippen LogP contribution is -1.99. The van der Waals surface area contributed by atoms with E-state index in [2.05, 4.69) is 18.2 Å². The van der Waals surface area contributed by atoms with Gasteiger partial charge >= 0.3 is 0 Å². The Hall–Kier alpha value is -0.820. The van der Waals surface area contributed by atoms with E-state index in [4.69, 9.17) is 11.6 Å². The van der Waals surface area contributed by atoms with Gasteiger partial charge in [0.1, 0.15) is 0 Å². The first-order valence-electron chi connectivity index (χ1n) is 4.56. The SMILES string of the molecule is O=C(Cl)[C@H]1[C@H]2Cc3ccccc3[C@H]21. The average Bonchev–Trinajstić information content (AvgIpc) is 2.71. The van der Waals surface area contributed by atoms with Crippen LogP contribution in [0.25, 0.3) is 0 Å². The van der Waals surface area contributed by atoms with Gasteiger partial charge in [0, 0.05) is 5.92 Å². The topological polar surface area (TPSA) is 17.1 Å². The summed E-state index contributed by atoms with van der Waals surface area (Å²) in [7, 11) is 0. The van der Waals surface area contributed by atoms with Gasteiger partial charge in [-0.05, 0) is 41.0 Å². The van der Waals surface area contributed by atoms with Crippen molar-refractivity contribution in [3.05, 3.63) is 35.4 Å². The van der Waals surface area contributed by atoms with E-state index in [1.165, 1.54) is 11.1 Å². The number of hydrogen-bond donors (Lipinski definition) is 0. The molecule has 1 nitrogen and oxygen atoms in total. The highest BCUT2D eigenvalue weighted by atomic mass is 35.5. The van der Waals surface area contributed by atoms with Crippen LogP contribution in [0.1, 0.15) is 17.0 Å². The third kappa shape index (κ3) is 0.910. The molecule has 1 fully saturated rings. The molecule has 0 amide bonds.